The molecule has 1 atom stereocenters. The van der Waals surface area contributed by atoms with Crippen molar-refractivity contribution in [3.63, 3.8) is 0 Å². The zero-order valence-electron chi connectivity index (χ0n) is 15.8. The van der Waals surface area contributed by atoms with Gasteiger partial charge in [0.15, 0.2) is 23.1 Å². The third kappa shape index (κ3) is 3.64. The average molecular weight is 387 g/mol. The topological polar surface area (TPSA) is 110 Å². The van der Waals surface area contributed by atoms with Crippen LogP contribution in [-0.2, 0) is 9.59 Å². The van der Waals surface area contributed by atoms with Crippen molar-refractivity contribution in [2.45, 2.75) is 6.42 Å². The second-order valence-corrected chi connectivity index (χ2v) is 6.15. The molecule has 28 heavy (non-hydrogen) atoms. The molecule has 0 bridgehead atoms. The third-order valence-corrected chi connectivity index (χ3v) is 4.49. The largest absolute Gasteiger partial charge is 0.504 e. The Hall–Kier alpha value is -3.49. The lowest BCUT2D eigenvalue weighted by molar-refractivity contribution is -0.122. The zero-order valence-corrected chi connectivity index (χ0v) is 15.8. The van der Waals surface area contributed by atoms with E-state index in [-0.39, 0.29) is 30.4 Å². The number of carbonyl (C=O) groups is 2. The summed E-state index contributed by atoms with van der Waals surface area (Å²) in [6.07, 6.45) is 1.49. The lowest BCUT2D eigenvalue weighted by Gasteiger charge is -2.20. The van der Waals surface area contributed by atoms with Crippen molar-refractivity contribution in [3.8, 4) is 23.0 Å². The molecule has 1 aliphatic rings. The Morgan fingerprint density at radius 3 is 2.46 bits per heavy atom. The van der Waals surface area contributed by atoms with E-state index < -0.39 is 11.8 Å². The summed E-state index contributed by atoms with van der Waals surface area (Å²) in [7, 11) is 4.47. The van der Waals surface area contributed by atoms with Gasteiger partial charge in [-0.15, -0.1) is 0 Å². The highest BCUT2D eigenvalue weighted by Gasteiger charge is 2.36. The van der Waals surface area contributed by atoms with E-state index in [0.29, 0.717) is 22.9 Å². The van der Waals surface area contributed by atoms with Gasteiger partial charge >= 0.3 is 0 Å². The maximum Gasteiger partial charge on any atom is 0.231 e. The van der Waals surface area contributed by atoms with Crippen molar-refractivity contribution in [1.29, 1.82) is 0 Å². The van der Waals surface area contributed by atoms with E-state index >= 15 is 0 Å². The molecule has 0 aliphatic carbocycles. The Morgan fingerprint density at radius 2 is 1.89 bits per heavy atom. The zero-order chi connectivity index (χ0) is 20.3. The molecule has 2 aromatic rings. The van der Waals surface area contributed by atoms with Gasteiger partial charge in [-0.2, -0.15) is 0 Å². The molecular formula is C19H21N3O6. The highest BCUT2D eigenvalue weighted by molar-refractivity contribution is 6.03. The number of pyridine rings is 1. The number of benzene rings is 1. The minimum Gasteiger partial charge on any atom is -0.504 e. The van der Waals surface area contributed by atoms with E-state index in [1.165, 1.54) is 38.5 Å². The Bertz CT molecular complexity index is 876. The number of hydrogen-bond donors (Lipinski definition) is 2. The Morgan fingerprint density at radius 1 is 1.21 bits per heavy atom. The van der Waals surface area contributed by atoms with Crippen molar-refractivity contribution in [3.05, 3.63) is 30.5 Å². The van der Waals surface area contributed by atoms with Crippen LogP contribution < -0.4 is 24.4 Å². The molecule has 2 N–H and O–H groups in total. The van der Waals surface area contributed by atoms with Crippen molar-refractivity contribution in [1.82, 2.24) is 4.98 Å². The summed E-state index contributed by atoms with van der Waals surface area (Å²) in [6, 6.07) is 6.29. The number of amides is 2. The van der Waals surface area contributed by atoms with E-state index in [2.05, 4.69) is 10.3 Å². The van der Waals surface area contributed by atoms with Crippen LogP contribution in [0.2, 0.25) is 0 Å². The lowest BCUT2D eigenvalue weighted by Crippen LogP contribution is -2.28. The summed E-state index contributed by atoms with van der Waals surface area (Å²) in [4.78, 5) is 30.5. The first kappa shape index (κ1) is 19.3. The van der Waals surface area contributed by atoms with Gasteiger partial charge in [-0.25, -0.2) is 4.98 Å². The van der Waals surface area contributed by atoms with Crippen LogP contribution in [-0.4, -0.2) is 49.8 Å². The maximum absolute atomic E-state index is 12.5. The number of methoxy groups -OCH3 is 3. The van der Waals surface area contributed by atoms with Crippen LogP contribution in [0.5, 0.6) is 23.0 Å². The SMILES string of the molecule is COc1cc(N2C[C@H](C(=O)Nc3ncccc3O)CC2=O)cc(OC)c1OC. The minimum atomic E-state index is -0.590. The smallest absolute Gasteiger partial charge is 0.231 e. The van der Waals surface area contributed by atoms with E-state index in [4.69, 9.17) is 14.2 Å². The van der Waals surface area contributed by atoms with Crippen LogP contribution in [0.15, 0.2) is 30.5 Å². The maximum atomic E-state index is 12.5. The van der Waals surface area contributed by atoms with Gasteiger partial charge in [-0.3, -0.25) is 9.59 Å². The first-order valence-corrected chi connectivity index (χ1v) is 8.53. The van der Waals surface area contributed by atoms with Crippen molar-refractivity contribution < 1.29 is 28.9 Å². The van der Waals surface area contributed by atoms with Crippen LogP contribution in [0.4, 0.5) is 11.5 Å². The van der Waals surface area contributed by atoms with E-state index in [1.54, 1.807) is 18.2 Å². The number of aromatic hydroxyl groups is 1. The molecule has 1 aromatic carbocycles. The molecule has 9 nitrogen and oxygen atoms in total. The molecule has 1 fully saturated rings. The molecule has 148 valence electrons. The van der Waals surface area contributed by atoms with Gasteiger partial charge < -0.3 is 29.5 Å². The highest BCUT2D eigenvalue weighted by atomic mass is 16.5. The first-order valence-electron chi connectivity index (χ1n) is 8.53. The summed E-state index contributed by atoms with van der Waals surface area (Å²) in [6.45, 7) is 0.177. The molecule has 2 amide bonds. The van der Waals surface area contributed by atoms with E-state index in [9.17, 15) is 14.7 Å². The molecule has 1 saturated heterocycles. The van der Waals surface area contributed by atoms with Gasteiger partial charge in [0.2, 0.25) is 17.6 Å². The van der Waals surface area contributed by atoms with Crippen LogP contribution in [0.3, 0.4) is 0 Å². The predicted molar refractivity (Wildman–Crippen MR) is 101 cm³/mol. The molecule has 9 heteroatoms. The van der Waals surface area contributed by atoms with E-state index in [1.807, 2.05) is 0 Å². The molecule has 3 rings (SSSR count). The standard InChI is InChI=1S/C19H21N3O6/c1-26-14-8-12(9-15(27-2)17(14)28-3)22-10-11(7-16(22)24)19(25)21-18-13(23)5-4-6-20-18/h4-6,8-9,11,23H,7,10H2,1-3H3,(H,20,21,25)/t11-/m1/s1. The number of aromatic nitrogens is 1. The van der Waals surface area contributed by atoms with Crippen molar-refractivity contribution in [2.75, 3.05) is 38.1 Å². The fraction of sp³-hybridized carbons (Fsp3) is 0.316. The molecule has 0 unspecified atom stereocenters. The fourth-order valence-electron chi connectivity index (χ4n) is 3.07. The lowest BCUT2D eigenvalue weighted by atomic mass is 10.1. The third-order valence-electron chi connectivity index (χ3n) is 4.49. The van der Waals surface area contributed by atoms with Gasteiger partial charge in [0.1, 0.15) is 0 Å². The van der Waals surface area contributed by atoms with Gasteiger partial charge in [0.05, 0.1) is 32.9 Å². The summed E-state index contributed by atoms with van der Waals surface area (Å²) in [5.41, 5.74) is 0.537. The number of rotatable bonds is 6. The molecule has 0 radical (unpaired) electrons. The molecule has 1 aliphatic heterocycles. The van der Waals surface area contributed by atoms with Crippen LogP contribution in [0.25, 0.3) is 0 Å². The average Bonchev–Trinajstić information content (AvgIpc) is 3.10. The summed E-state index contributed by atoms with van der Waals surface area (Å²) < 4.78 is 15.9. The number of anilines is 2. The van der Waals surface area contributed by atoms with Gasteiger partial charge in [0, 0.05) is 31.3 Å². The molecule has 0 saturated carbocycles. The van der Waals surface area contributed by atoms with Gasteiger partial charge in [-0.05, 0) is 12.1 Å². The highest BCUT2D eigenvalue weighted by Crippen LogP contribution is 2.42. The summed E-state index contributed by atoms with van der Waals surface area (Å²) in [5, 5.41) is 12.3. The predicted octanol–water partition coefficient (Wildman–Crippen LogP) is 1.80. The molecule has 2 heterocycles. The van der Waals surface area contributed by atoms with Crippen molar-refractivity contribution >= 4 is 23.3 Å². The van der Waals surface area contributed by atoms with Crippen LogP contribution in [0, 0.1) is 5.92 Å². The molecular weight excluding hydrogens is 366 g/mol. The second-order valence-electron chi connectivity index (χ2n) is 6.15. The van der Waals surface area contributed by atoms with Crippen LogP contribution in [0.1, 0.15) is 6.42 Å². The summed E-state index contributed by atoms with van der Waals surface area (Å²) >= 11 is 0. The number of nitrogens with zero attached hydrogens (tertiary/aromatic N) is 2. The van der Waals surface area contributed by atoms with Gasteiger partial charge in [0.25, 0.3) is 0 Å². The fourth-order valence-corrected chi connectivity index (χ4v) is 3.07. The molecule has 0 spiro atoms. The quantitative estimate of drug-likeness (QED) is 0.778. The Kier molecular flexibility index (Phi) is 5.53. The molecule has 1 aromatic heterocycles. The number of hydrogen-bond acceptors (Lipinski definition) is 7. The Labute approximate surface area is 161 Å². The normalized spacial score (nSPS) is 16.0. The van der Waals surface area contributed by atoms with Crippen LogP contribution >= 0.6 is 0 Å². The first-order chi connectivity index (χ1) is 13.5. The monoisotopic (exact) mass is 387 g/mol. The second kappa shape index (κ2) is 8.03. The number of carbonyl (C=O) groups excluding carboxylic acids is 2. The van der Waals surface area contributed by atoms with Gasteiger partial charge in [-0.1, -0.05) is 0 Å². The van der Waals surface area contributed by atoms with Crippen molar-refractivity contribution in [2.24, 2.45) is 5.92 Å². The minimum absolute atomic E-state index is 0.0378. The Balaban J connectivity index is 1.81. The summed E-state index contributed by atoms with van der Waals surface area (Å²) in [5.74, 6) is -0.0231. The van der Waals surface area contributed by atoms with E-state index in [0.717, 1.165) is 0 Å². The number of nitrogens with one attached hydrogen (secondary N) is 1. The number of ether oxygens (including phenoxy) is 3.